The number of hydrogen-bond acceptors (Lipinski definition) is 3. The molecule has 0 aliphatic rings. The quantitative estimate of drug-likeness (QED) is 0.763. The highest BCUT2D eigenvalue weighted by Gasteiger charge is 2.18. The van der Waals surface area contributed by atoms with Crippen molar-refractivity contribution in [2.24, 2.45) is 5.73 Å². The summed E-state index contributed by atoms with van der Waals surface area (Å²) in [5, 5.41) is 19.4. The second kappa shape index (κ2) is 6.74. The maximum absolute atomic E-state index is 9.75. The first-order chi connectivity index (χ1) is 7.06. The van der Waals surface area contributed by atoms with Crippen LogP contribution < -0.4 is 5.73 Å². The predicted octanol–water partition coefficient (Wildman–Crippen LogP) is 2.28. The highest BCUT2D eigenvalue weighted by atomic mass is 35.5. The average Bonchev–Trinajstić information content (AvgIpc) is 2.21. The van der Waals surface area contributed by atoms with Gasteiger partial charge in [0.25, 0.3) is 0 Å². The van der Waals surface area contributed by atoms with Crippen molar-refractivity contribution in [3.8, 4) is 5.75 Å². The van der Waals surface area contributed by atoms with E-state index in [0.29, 0.717) is 12.0 Å². The van der Waals surface area contributed by atoms with E-state index in [0.717, 1.165) is 12.0 Å². The summed E-state index contributed by atoms with van der Waals surface area (Å²) in [7, 11) is 0. The number of nitrogens with two attached hydrogens (primary N) is 1. The number of hydrogen-bond donors (Lipinski definition) is 3. The Hall–Kier alpha value is -0.770. The third kappa shape index (κ3) is 3.67. The number of aliphatic hydroxyl groups excluding tert-OH is 1. The molecule has 1 aromatic rings. The summed E-state index contributed by atoms with van der Waals surface area (Å²) in [5.41, 5.74) is 7.54. The molecule has 0 aliphatic carbocycles. The Kier molecular flexibility index (Phi) is 6.41. The molecule has 0 radical (unpaired) electrons. The maximum atomic E-state index is 9.75. The first kappa shape index (κ1) is 15.2. The van der Waals surface area contributed by atoms with Crippen LogP contribution in [0.25, 0.3) is 0 Å². The van der Waals surface area contributed by atoms with Crippen molar-refractivity contribution in [1.29, 1.82) is 0 Å². The highest BCUT2D eigenvalue weighted by Crippen LogP contribution is 2.27. The van der Waals surface area contributed by atoms with Gasteiger partial charge in [0.1, 0.15) is 5.75 Å². The van der Waals surface area contributed by atoms with Crippen LogP contribution in [0.4, 0.5) is 0 Å². The summed E-state index contributed by atoms with van der Waals surface area (Å²) in [6.45, 7) is 3.92. The standard InChI is InChI=1S/C12H19NO2.ClH/c1-3-4-11(15)12(13)9-7-8(2)5-6-10(9)14;/h5-7,11-12,14-15H,3-4,13H2,1-2H3;1H/t11-,12+;/m1./s1. The number of aryl methyl sites for hydroxylation is 1. The number of phenols is 1. The van der Waals surface area contributed by atoms with Crippen LogP contribution in [0.2, 0.25) is 0 Å². The van der Waals surface area contributed by atoms with E-state index in [4.69, 9.17) is 5.73 Å². The highest BCUT2D eigenvalue weighted by molar-refractivity contribution is 5.85. The van der Waals surface area contributed by atoms with Crippen LogP contribution in [-0.2, 0) is 0 Å². The lowest BCUT2D eigenvalue weighted by Crippen LogP contribution is -2.26. The molecule has 0 amide bonds. The molecule has 1 rings (SSSR count). The number of rotatable bonds is 4. The van der Waals surface area contributed by atoms with Crippen molar-refractivity contribution >= 4 is 12.4 Å². The fraction of sp³-hybridized carbons (Fsp3) is 0.500. The van der Waals surface area contributed by atoms with Crippen molar-refractivity contribution in [2.45, 2.75) is 38.8 Å². The molecule has 2 atom stereocenters. The molecule has 0 saturated carbocycles. The van der Waals surface area contributed by atoms with Gasteiger partial charge in [-0.3, -0.25) is 0 Å². The van der Waals surface area contributed by atoms with Crippen LogP contribution in [0.15, 0.2) is 18.2 Å². The second-order valence-electron chi connectivity index (χ2n) is 3.94. The van der Waals surface area contributed by atoms with Crippen molar-refractivity contribution < 1.29 is 10.2 Å². The Bertz CT molecular complexity index is 331. The third-order valence-corrected chi connectivity index (χ3v) is 2.54. The lowest BCUT2D eigenvalue weighted by molar-refractivity contribution is 0.133. The monoisotopic (exact) mass is 245 g/mol. The SMILES string of the molecule is CCC[C@@H](O)[C@@H](N)c1cc(C)ccc1O.Cl. The van der Waals surface area contributed by atoms with Crippen molar-refractivity contribution in [3.05, 3.63) is 29.3 Å². The zero-order chi connectivity index (χ0) is 11.4. The lowest BCUT2D eigenvalue weighted by atomic mass is 9.97. The molecule has 92 valence electrons. The fourth-order valence-electron chi connectivity index (χ4n) is 1.62. The zero-order valence-corrected chi connectivity index (χ0v) is 10.5. The van der Waals surface area contributed by atoms with Crippen LogP contribution >= 0.6 is 12.4 Å². The smallest absolute Gasteiger partial charge is 0.120 e. The topological polar surface area (TPSA) is 66.5 Å². The minimum atomic E-state index is -0.595. The Morgan fingerprint density at radius 3 is 2.56 bits per heavy atom. The first-order valence-electron chi connectivity index (χ1n) is 5.29. The van der Waals surface area contributed by atoms with Crippen molar-refractivity contribution in [3.63, 3.8) is 0 Å². The van der Waals surface area contributed by atoms with Gasteiger partial charge in [-0.25, -0.2) is 0 Å². The molecular weight excluding hydrogens is 226 g/mol. The summed E-state index contributed by atoms with van der Waals surface area (Å²) < 4.78 is 0. The van der Waals surface area contributed by atoms with E-state index in [2.05, 4.69) is 0 Å². The van der Waals surface area contributed by atoms with Crippen LogP contribution in [0, 0.1) is 6.92 Å². The molecular formula is C12H20ClNO2. The molecule has 0 bridgehead atoms. The van der Waals surface area contributed by atoms with Gasteiger partial charge in [-0.2, -0.15) is 0 Å². The third-order valence-electron chi connectivity index (χ3n) is 2.54. The maximum Gasteiger partial charge on any atom is 0.120 e. The largest absolute Gasteiger partial charge is 0.508 e. The van der Waals surface area contributed by atoms with Crippen LogP contribution in [-0.4, -0.2) is 16.3 Å². The Balaban J connectivity index is 0.00000225. The summed E-state index contributed by atoms with van der Waals surface area (Å²) in [5.74, 6) is 0.156. The van der Waals surface area contributed by atoms with Crippen LogP contribution in [0.3, 0.4) is 0 Å². The van der Waals surface area contributed by atoms with Gasteiger partial charge in [-0.15, -0.1) is 12.4 Å². The van der Waals surface area contributed by atoms with Gasteiger partial charge < -0.3 is 15.9 Å². The Morgan fingerprint density at radius 2 is 2.00 bits per heavy atom. The second-order valence-corrected chi connectivity index (χ2v) is 3.94. The van der Waals surface area contributed by atoms with Crippen LogP contribution in [0.1, 0.15) is 36.9 Å². The molecule has 0 aliphatic heterocycles. The average molecular weight is 246 g/mol. The van der Waals surface area contributed by atoms with Gasteiger partial charge in [0, 0.05) is 5.56 Å². The van der Waals surface area contributed by atoms with E-state index in [-0.39, 0.29) is 18.2 Å². The molecule has 1 aromatic carbocycles. The Labute approximate surface area is 103 Å². The number of halogens is 1. The summed E-state index contributed by atoms with van der Waals surface area (Å²) >= 11 is 0. The van der Waals surface area contributed by atoms with Gasteiger partial charge >= 0.3 is 0 Å². The summed E-state index contributed by atoms with van der Waals surface area (Å²) in [4.78, 5) is 0. The van der Waals surface area contributed by atoms with Gasteiger partial charge in [0.05, 0.1) is 12.1 Å². The van der Waals surface area contributed by atoms with E-state index in [9.17, 15) is 10.2 Å². The van der Waals surface area contributed by atoms with Gasteiger partial charge in [0.15, 0.2) is 0 Å². The zero-order valence-electron chi connectivity index (χ0n) is 9.68. The molecule has 3 nitrogen and oxygen atoms in total. The molecule has 4 heteroatoms. The number of aliphatic hydroxyl groups is 1. The van der Waals surface area contributed by atoms with Gasteiger partial charge in [-0.1, -0.05) is 31.0 Å². The van der Waals surface area contributed by atoms with E-state index >= 15 is 0 Å². The summed E-state index contributed by atoms with van der Waals surface area (Å²) in [6.07, 6.45) is 0.929. The lowest BCUT2D eigenvalue weighted by Gasteiger charge is -2.19. The number of aromatic hydroxyl groups is 1. The molecule has 0 spiro atoms. The number of benzene rings is 1. The van der Waals surface area contributed by atoms with E-state index < -0.39 is 12.1 Å². The first-order valence-corrected chi connectivity index (χ1v) is 5.29. The minimum absolute atomic E-state index is 0. The normalized spacial score (nSPS) is 14.0. The van der Waals surface area contributed by atoms with Gasteiger partial charge in [-0.05, 0) is 19.4 Å². The molecule has 4 N–H and O–H groups in total. The van der Waals surface area contributed by atoms with E-state index in [1.54, 1.807) is 6.07 Å². The fourth-order valence-corrected chi connectivity index (χ4v) is 1.62. The van der Waals surface area contributed by atoms with E-state index in [1.807, 2.05) is 26.0 Å². The van der Waals surface area contributed by atoms with E-state index in [1.165, 1.54) is 0 Å². The van der Waals surface area contributed by atoms with Crippen LogP contribution in [0.5, 0.6) is 5.75 Å². The summed E-state index contributed by atoms with van der Waals surface area (Å²) in [6, 6.07) is 4.74. The molecule has 0 unspecified atom stereocenters. The molecule has 0 heterocycles. The minimum Gasteiger partial charge on any atom is -0.508 e. The molecule has 0 saturated heterocycles. The predicted molar refractivity (Wildman–Crippen MR) is 67.9 cm³/mol. The van der Waals surface area contributed by atoms with Crippen molar-refractivity contribution in [2.75, 3.05) is 0 Å². The van der Waals surface area contributed by atoms with Gasteiger partial charge in [0.2, 0.25) is 0 Å². The number of phenolic OH excluding ortho intramolecular Hbond substituents is 1. The molecule has 0 aromatic heterocycles. The Morgan fingerprint density at radius 1 is 1.38 bits per heavy atom. The molecule has 0 fully saturated rings. The molecule has 16 heavy (non-hydrogen) atoms. The van der Waals surface area contributed by atoms with Crippen molar-refractivity contribution in [1.82, 2.24) is 0 Å².